The van der Waals surface area contributed by atoms with Crippen molar-refractivity contribution in [1.82, 2.24) is 29.1 Å². The van der Waals surface area contributed by atoms with Crippen molar-refractivity contribution in [2.45, 2.75) is 51.7 Å². The number of alkyl halides is 3. The third-order valence-electron chi connectivity index (χ3n) is 4.92. The first kappa shape index (κ1) is 26.2. The van der Waals surface area contributed by atoms with E-state index in [0.717, 1.165) is 30.4 Å². The molecule has 1 aliphatic heterocycles. The summed E-state index contributed by atoms with van der Waals surface area (Å²) < 4.78 is 36.2. The number of carboxylic acid groups (broad SMARTS) is 1. The molecule has 0 amide bonds. The Balaban J connectivity index is 0.000000429. The van der Waals surface area contributed by atoms with E-state index in [-0.39, 0.29) is 5.56 Å². The average molecular weight is 559 g/mol. The fraction of sp³-hybridized carbons (Fsp3) is 0.450. The SMILES string of the molecule is CCCCCn1c2c(c(=O)n3c(CCNc4ncccn4)nnc13)CC(Br)=N2.O=C(O)C(F)(F)F. The number of nitrogens with one attached hydrogen (secondary N) is 1. The number of anilines is 1. The van der Waals surface area contributed by atoms with E-state index < -0.39 is 12.1 Å². The van der Waals surface area contributed by atoms with Crippen LogP contribution in [0.25, 0.3) is 5.78 Å². The highest BCUT2D eigenvalue weighted by atomic mass is 79.9. The lowest BCUT2D eigenvalue weighted by Crippen LogP contribution is -2.24. The maximum absolute atomic E-state index is 13.1. The van der Waals surface area contributed by atoms with E-state index in [9.17, 15) is 18.0 Å². The highest BCUT2D eigenvalue weighted by molar-refractivity contribution is 9.18. The predicted octanol–water partition coefficient (Wildman–Crippen LogP) is 3.14. The minimum absolute atomic E-state index is 0.0918. The molecular weight excluding hydrogens is 537 g/mol. The lowest BCUT2D eigenvalue weighted by molar-refractivity contribution is -0.192. The Morgan fingerprint density at radius 2 is 1.91 bits per heavy atom. The van der Waals surface area contributed by atoms with Crippen LogP contribution in [0.4, 0.5) is 24.9 Å². The molecule has 2 N–H and O–H groups in total. The summed E-state index contributed by atoms with van der Waals surface area (Å²) in [6.07, 6.45) is 2.55. The molecular formula is C20H22BrF3N8O3. The summed E-state index contributed by atoms with van der Waals surface area (Å²) in [4.78, 5) is 34.8. The van der Waals surface area contributed by atoms with Crippen LogP contribution in [0.1, 0.15) is 37.6 Å². The monoisotopic (exact) mass is 558 g/mol. The number of halogens is 4. The summed E-state index contributed by atoms with van der Waals surface area (Å²) >= 11 is 3.45. The van der Waals surface area contributed by atoms with Crippen molar-refractivity contribution in [3.8, 4) is 0 Å². The Bertz CT molecular complexity index is 1270. The average Bonchev–Trinajstić information content (AvgIpc) is 3.41. The van der Waals surface area contributed by atoms with Gasteiger partial charge in [0.2, 0.25) is 11.7 Å². The van der Waals surface area contributed by atoms with Crippen LogP contribution < -0.4 is 10.9 Å². The number of unbranched alkanes of at least 4 members (excludes halogenated alkanes) is 2. The first-order valence-electron chi connectivity index (χ1n) is 10.7. The van der Waals surface area contributed by atoms with Crippen molar-refractivity contribution in [2.75, 3.05) is 11.9 Å². The molecule has 11 nitrogen and oxygen atoms in total. The van der Waals surface area contributed by atoms with Crippen LogP contribution in [0.2, 0.25) is 0 Å². The fourth-order valence-electron chi connectivity index (χ4n) is 3.33. The van der Waals surface area contributed by atoms with Crippen molar-refractivity contribution in [3.05, 3.63) is 40.2 Å². The summed E-state index contributed by atoms with van der Waals surface area (Å²) in [5.41, 5.74) is 0.599. The van der Waals surface area contributed by atoms with Gasteiger partial charge in [0.05, 0.1) is 10.2 Å². The number of hydrogen-bond donors (Lipinski definition) is 2. The molecule has 0 saturated carbocycles. The molecule has 0 spiro atoms. The van der Waals surface area contributed by atoms with Gasteiger partial charge in [-0.3, -0.25) is 9.36 Å². The fourth-order valence-corrected chi connectivity index (χ4v) is 3.77. The van der Waals surface area contributed by atoms with Crippen LogP contribution in [0, 0.1) is 0 Å². The number of aryl methyl sites for hydroxylation is 1. The van der Waals surface area contributed by atoms with Crippen LogP contribution in [-0.4, -0.2) is 57.6 Å². The Kier molecular flexibility index (Phi) is 8.53. The van der Waals surface area contributed by atoms with Gasteiger partial charge in [0.1, 0.15) is 11.6 Å². The summed E-state index contributed by atoms with van der Waals surface area (Å²) in [6, 6.07) is 1.76. The molecule has 0 radical (unpaired) electrons. The number of aromatic nitrogens is 6. The quantitative estimate of drug-likeness (QED) is 0.402. The van der Waals surface area contributed by atoms with Crippen molar-refractivity contribution in [2.24, 2.45) is 4.99 Å². The summed E-state index contributed by atoms with van der Waals surface area (Å²) in [5.74, 6) is -0.329. The Morgan fingerprint density at radius 1 is 1.23 bits per heavy atom. The van der Waals surface area contributed by atoms with Gasteiger partial charge in [0.25, 0.3) is 5.56 Å². The van der Waals surface area contributed by atoms with Crippen LogP contribution >= 0.6 is 15.9 Å². The normalized spacial score (nSPS) is 12.7. The van der Waals surface area contributed by atoms with Crippen molar-refractivity contribution in [1.29, 1.82) is 0 Å². The van der Waals surface area contributed by atoms with Gasteiger partial charge in [-0.1, -0.05) is 19.8 Å². The van der Waals surface area contributed by atoms with Crippen molar-refractivity contribution in [3.63, 3.8) is 0 Å². The Morgan fingerprint density at radius 3 is 2.54 bits per heavy atom. The van der Waals surface area contributed by atoms with E-state index in [2.05, 4.69) is 53.3 Å². The zero-order valence-corrected chi connectivity index (χ0v) is 20.2. The van der Waals surface area contributed by atoms with E-state index in [1.807, 2.05) is 4.57 Å². The van der Waals surface area contributed by atoms with Crippen LogP contribution in [0.5, 0.6) is 0 Å². The second kappa shape index (κ2) is 11.4. The molecule has 3 aromatic rings. The van der Waals surface area contributed by atoms with Gasteiger partial charge in [-0.25, -0.2) is 24.2 Å². The highest BCUT2D eigenvalue weighted by Crippen LogP contribution is 2.28. The first-order chi connectivity index (χ1) is 16.6. The van der Waals surface area contributed by atoms with E-state index in [4.69, 9.17) is 9.90 Å². The third-order valence-corrected chi connectivity index (χ3v) is 5.37. The number of rotatable bonds is 8. The third kappa shape index (κ3) is 6.41. The minimum Gasteiger partial charge on any atom is -0.475 e. The second-order valence-electron chi connectivity index (χ2n) is 7.43. The zero-order valence-electron chi connectivity index (χ0n) is 18.6. The van der Waals surface area contributed by atoms with Crippen LogP contribution in [0.3, 0.4) is 0 Å². The molecule has 0 aromatic carbocycles. The predicted molar refractivity (Wildman–Crippen MR) is 124 cm³/mol. The maximum atomic E-state index is 13.1. The molecule has 0 atom stereocenters. The lowest BCUT2D eigenvalue weighted by Gasteiger charge is -2.12. The molecule has 0 aliphatic carbocycles. The molecule has 4 heterocycles. The number of aliphatic carboxylic acids is 1. The van der Waals surface area contributed by atoms with Gasteiger partial charge in [0, 0.05) is 38.3 Å². The number of hydrogen-bond acceptors (Lipinski definition) is 8. The standard InChI is InChI=1S/C18H21BrN8O.C2HF3O2/c1-2-3-4-10-26-15-12(11-13(19)23-15)16(28)27-14(24-25-18(26)27)6-9-22-17-20-7-5-8-21-17;3-2(4,5)1(6)7/h5,7-8H,2-4,6,9-11H2,1H3,(H,20,21,22);(H,6,7). The Labute approximate surface area is 205 Å². The number of carbonyl (C=O) groups is 1. The van der Waals surface area contributed by atoms with Crippen LogP contribution in [0.15, 0.2) is 28.2 Å². The Hall–Kier alpha value is -3.36. The maximum Gasteiger partial charge on any atom is 0.490 e. The molecule has 3 aromatic heterocycles. The first-order valence-corrected chi connectivity index (χ1v) is 11.5. The van der Waals surface area contributed by atoms with Gasteiger partial charge in [-0.15, -0.1) is 10.2 Å². The molecule has 188 valence electrons. The van der Waals surface area contributed by atoms with E-state index in [1.54, 1.807) is 22.9 Å². The number of carboxylic acids is 1. The van der Waals surface area contributed by atoms with Gasteiger partial charge >= 0.3 is 12.1 Å². The minimum atomic E-state index is -5.08. The van der Waals surface area contributed by atoms with E-state index in [0.29, 0.717) is 48.3 Å². The van der Waals surface area contributed by atoms with Gasteiger partial charge in [-0.2, -0.15) is 13.2 Å². The van der Waals surface area contributed by atoms with E-state index in [1.165, 1.54) is 0 Å². The smallest absolute Gasteiger partial charge is 0.475 e. The van der Waals surface area contributed by atoms with Crippen LogP contribution in [-0.2, 0) is 24.2 Å². The molecule has 0 bridgehead atoms. The molecule has 4 rings (SSSR count). The molecule has 15 heteroatoms. The van der Waals surface area contributed by atoms with Gasteiger partial charge in [0.15, 0.2) is 0 Å². The summed E-state index contributed by atoms with van der Waals surface area (Å²) in [7, 11) is 0. The largest absolute Gasteiger partial charge is 0.490 e. The van der Waals surface area contributed by atoms with Gasteiger partial charge in [-0.05, 0) is 28.4 Å². The van der Waals surface area contributed by atoms with Gasteiger partial charge < -0.3 is 10.4 Å². The zero-order chi connectivity index (χ0) is 25.6. The number of aliphatic imine (C=N–C) groups is 1. The lowest BCUT2D eigenvalue weighted by atomic mass is 10.2. The van der Waals surface area contributed by atoms with Crippen molar-refractivity contribution < 1.29 is 23.1 Å². The number of nitrogens with zero attached hydrogens (tertiary/aromatic N) is 7. The number of fused-ring (bicyclic) bond motifs is 2. The molecule has 35 heavy (non-hydrogen) atoms. The molecule has 0 unspecified atom stereocenters. The summed E-state index contributed by atoms with van der Waals surface area (Å²) in [6.45, 7) is 3.48. The molecule has 1 aliphatic rings. The highest BCUT2D eigenvalue weighted by Gasteiger charge is 2.38. The van der Waals surface area contributed by atoms with E-state index >= 15 is 0 Å². The van der Waals surface area contributed by atoms with Crippen molar-refractivity contribution >= 4 is 44.1 Å². The topological polar surface area (TPSA) is 140 Å². The second-order valence-corrected chi connectivity index (χ2v) is 8.35. The molecule has 0 fully saturated rings. The molecule has 0 saturated heterocycles. The summed E-state index contributed by atoms with van der Waals surface area (Å²) in [5, 5.41) is 18.9.